The normalized spacial score (nSPS) is 16.9. The number of thiocarbonyl (C=S) groups is 1. The fourth-order valence-corrected chi connectivity index (χ4v) is 6.42. The second-order valence-corrected chi connectivity index (χ2v) is 11.4. The van der Waals surface area contributed by atoms with Crippen LogP contribution in [0.2, 0.25) is 0 Å². The molecule has 0 radical (unpaired) electrons. The van der Waals surface area contributed by atoms with Gasteiger partial charge in [-0.15, -0.1) is 0 Å². The van der Waals surface area contributed by atoms with Crippen LogP contribution in [-0.2, 0) is 11.3 Å². The Balaban J connectivity index is 1.75. The van der Waals surface area contributed by atoms with E-state index in [2.05, 4.69) is 17.9 Å². The van der Waals surface area contributed by atoms with E-state index < -0.39 is 0 Å². The van der Waals surface area contributed by atoms with E-state index in [1.807, 2.05) is 17.9 Å². The largest absolute Gasteiger partial charge is 0.366 e. The first-order valence-corrected chi connectivity index (χ1v) is 14.7. The molecule has 2 fully saturated rings. The Kier molecular flexibility index (Phi) is 9.46. The van der Waals surface area contributed by atoms with E-state index in [9.17, 15) is 19.2 Å². The predicted octanol–water partition coefficient (Wildman–Crippen LogP) is 5.30. The number of carbonyl (C=O) groups is 1. The molecule has 0 saturated carbocycles. The topological polar surface area (TPSA) is 72.6 Å². The number of amides is 1. The van der Waals surface area contributed by atoms with Crippen LogP contribution in [-0.4, -0.2) is 52.4 Å². The van der Waals surface area contributed by atoms with Crippen molar-refractivity contribution >= 4 is 51.8 Å². The van der Waals surface area contributed by atoms with Crippen LogP contribution in [0.25, 0.3) is 6.08 Å². The van der Waals surface area contributed by atoms with Gasteiger partial charge in [0.05, 0.1) is 10.6 Å². The van der Waals surface area contributed by atoms with Crippen LogP contribution in [0.5, 0.6) is 0 Å². The van der Waals surface area contributed by atoms with Crippen molar-refractivity contribution in [3.8, 4) is 6.07 Å². The molecule has 39 heavy (non-hydrogen) atoms. The summed E-state index contributed by atoms with van der Waals surface area (Å²) < 4.78 is 16.6. The molecule has 2 saturated heterocycles. The molecule has 0 spiro atoms. The van der Waals surface area contributed by atoms with Crippen molar-refractivity contribution in [3.05, 3.63) is 62.0 Å². The number of piperazine rings is 1. The molecule has 1 aromatic heterocycles. The summed E-state index contributed by atoms with van der Waals surface area (Å²) in [5.41, 5.74) is 1.56. The van der Waals surface area contributed by atoms with Gasteiger partial charge in [-0.1, -0.05) is 62.8 Å². The van der Waals surface area contributed by atoms with Crippen molar-refractivity contribution in [1.29, 1.82) is 5.26 Å². The van der Waals surface area contributed by atoms with Gasteiger partial charge in [0.25, 0.3) is 11.5 Å². The molecule has 2 aromatic rings. The number of para-hydroxylation sites is 1. The molecule has 0 unspecified atom stereocenters. The van der Waals surface area contributed by atoms with Crippen molar-refractivity contribution in [2.24, 2.45) is 0 Å². The number of unbranched alkanes of at least 4 members (excludes halogenated alkanes) is 2. The van der Waals surface area contributed by atoms with Crippen LogP contribution >= 0.6 is 24.0 Å². The summed E-state index contributed by atoms with van der Waals surface area (Å²) in [5, 5.41) is 9.88. The lowest BCUT2D eigenvalue weighted by Crippen LogP contribution is -2.49. The zero-order valence-electron chi connectivity index (χ0n) is 22.7. The Morgan fingerprint density at radius 1 is 1.05 bits per heavy atom. The SMILES string of the molecule is CCCCCN1C(=O)C(=Cc2c(C)c(C#N)c(=O)n(CCC)c2N2CCN(c3ccccc3F)CC2)SC1=S. The maximum Gasteiger partial charge on any atom is 0.270 e. The number of aromatic nitrogens is 1. The van der Waals surface area contributed by atoms with Crippen LogP contribution in [0.3, 0.4) is 0 Å². The number of benzene rings is 1. The first kappa shape index (κ1) is 28.8. The van der Waals surface area contributed by atoms with Crippen LogP contribution in [0.15, 0.2) is 34.0 Å². The van der Waals surface area contributed by atoms with Crippen LogP contribution < -0.4 is 15.4 Å². The Labute approximate surface area is 238 Å². The van der Waals surface area contributed by atoms with Gasteiger partial charge in [-0.2, -0.15) is 5.26 Å². The van der Waals surface area contributed by atoms with Crippen molar-refractivity contribution in [1.82, 2.24) is 9.47 Å². The van der Waals surface area contributed by atoms with Gasteiger partial charge in [0.15, 0.2) is 0 Å². The van der Waals surface area contributed by atoms with E-state index in [0.717, 1.165) is 19.3 Å². The monoisotopic (exact) mass is 567 g/mol. The van der Waals surface area contributed by atoms with Crippen LogP contribution in [0.1, 0.15) is 56.2 Å². The zero-order chi connectivity index (χ0) is 28.1. The molecule has 0 atom stereocenters. The molecule has 2 aliphatic rings. The fraction of sp³-hybridized carbons (Fsp3) is 0.448. The minimum atomic E-state index is -0.326. The lowest BCUT2D eigenvalue weighted by atomic mass is 10.0. The standard InChI is InChI=1S/C29H34FN5O2S2/c1-4-6-9-13-35-28(37)25(39-29(35)38)18-21-20(3)22(19-31)27(36)34(12-5-2)26(21)33-16-14-32(15-17-33)24-11-8-7-10-23(24)30/h7-8,10-11,18H,4-6,9,12-17H2,1-3H3. The molecule has 1 aromatic carbocycles. The fourth-order valence-electron chi connectivity index (χ4n) is 5.13. The Hall–Kier alpha value is -3.16. The molecule has 206 valence electrons. The average molecular weight is 568 g/mol. The Morgan fingerprint density at radius 3 is 2.38 bits per heavy atom. The maximum atomic E-state index is 14.4. The summed E-state index contributed by atoms with van der Waals surface area (Å²) >= 11 is 6.80. The number of rotatable bonds is 9. The molecular weight excluding hydrogens is 533 g/mol. The second-order valence-electron chi connectivity index (χ2n) is 9.77. The first-order valence-electron chi connectivity index (χ1n) is 13.5. The smallest absolute Gasteiger partial charge is 0.270 e. The number of hydrogen-bond acceptors (Lipinski definition) is 7. The van der Waals surface area contributed by atoms with E-state index in [1.54, 1.807) is 34.6 Å². The highest BCUT2D eigenvalue weighted by molar-refractivity contribution is 8.26. The minimum Gasteiger partial charge on any atom is -0.366 e. The number of anilines is 2. The lowest BCUT2D eigenvalue weighted by molar-refractivity contribution is -0.122. The van der Waals surface area contributed by atoms with Crippen molar-refractivity contribution in [3.63, 3.8) is 0 Å². The molecule has 0 bridgehead atoms. The van der Waals surface area contributed by atoms with E-state index in [1.165, 1.54) is 17.8 Å². The number of nitriles is 1. The van der Waals surface area contributed by atoms with E-state index in [-0.39, 0.29) is 22.8 Å². The van der Waals surface area contributed by atoms with Gasteiger partial charge in [0.1, 0.15) is 27.6 Å². The number of hydrogen-bond donors (Lipinski definition) is 0. The van der Waals surface area contributed by atoms with Gasteiger partial charge in [0.2, 0.25) is 0 Å². The molecule has 10 heteroatoms. The van der Waals surface area contributed by atoms with E-state index >= 15 is 0 Å². The summed E-state index contributed by atoms with van der Waals surface area (Å²) in [7, 11) is 0. The highest BCUT2D eigenvalue weighted by atomic mass is 32.2. The number of pyridine rings is 1. The first-order chi connectivity index (χ1) is 18.8. The number of halogens is 1. The molecule has 0 N–H and O–H groups in total. The second kappa shape index (κ2) is 12.8. The van der Waals surface area contributed by atoms with Crippen molar-refractivity contribution < 1.29 is 9.18 Å². The summed E-state index contributed by atoms with van der Waals surface area (Å²) in [5.74, 6) is 0.301. The van der Waals surface area contributed by atoms with Gasteiger partial charge in [-0.25, -0.2) is 4.39 Å². The summed E-state index contributed by atoms with van der Waals surface area (Å²) in [6.07, 6.45) is 5.46. The van der Waals surface area contributed by atoms with Gasteiger partial charge in [-0.3, -0.25) is 19.1 Å². The van der Waals surface area contributed by atoms with Gasteiger partial charge < -0.3 is 9.80 Å². The molecule has 4 rings (SSSR count). The highest BCUT2D eigenvalue weighted by Crippen LogP contribution is 2.36. The summed E-state index contributed by atoms with van der Waals surface area (Å²) in [6, 6.07) is 8.83. The molecular formula is C29H34FN5O2S2. The van der Waals surface area contributed by atoms with Crippen molar-refractivity contribution in [2.75, 3.05) is 42.5 Å². The van der Waals surface area contributed by atoms with Gasteiger partial charge in [-0.05, 0) is 43.5 Å². The molecule has 0 aliphatic carbocycles. The van der Waals surface area contributed by atoms with E-state index in [0.29, 0.717) is 77.5 Å². The Morgan fingerprint density at radius 2 is 1.74 bits per heavy atom. The third-order valence-electron chi connectivity index (χ3n) is 7.20. The molecule has 1 amide bonds. The summed E-state index contributed by atoms with van der Waals surface area (Å²) in [6.45, 7) is 9.14. The molecule has 7 nitrogen and oxygen atoms in total. The van der Waals surface area contributed by atoms with Gasteiger partial charge >= 0.3 is 0 Å². The lowest BCUT2D eigenvalue weighted by Gasteiger charge is -2.39. The van der Waals surface area contributed by atoms with Gasteiger partial charge in [0, 0.05) is 44.8 Å². The number of thioether (sulfide) groups is 1. The van der Waals surface area contributed by atoms with Crippen LogP contribution in [0.4, 0.5) is 15.9 Å². The molecule has 3 heterocycles. The minimum absolute atomic E-state index is 0.0851. The number of nitrogens with zero attached hydrogens (tertiary/aromatic N) is 5. The third-order valence-corrected chi connectivity index (χ3v) is 8.58. The molecule has 2 aliphatic heterocycles. The van der Waals surface area contributed by atoms with E-state index in [4.69, 9.17) is 12.2 Å². The maximum absolute atomic E-state index is 14.4. The van der Waals surface area contributed by atoms with Crippen LogP contribution in [0, 0.1) is 24.1 Å². The quantitative estimate of drug-likeness (QED) is 0.231. The summed E-state index contributed by atoms with van der Waals surface area (Å²) in [4.78, 5) is 33.1. The number of carbonyl (C=O) groups excluding carboxylic acids is 1. The Bertz CT molecular complexity index is 1390. The zero-order valence-corrected chi connectivity index (χ0v) is 24.3. The highest BCUT2D eigenvalue weighted by Gasteiger charge is 2.33. The third kappa shape index (κ3) is 5.89. The average Bonchev–Trinajstić information content (AvgIpc) is 3.20. The van der Waals surface area contributed by atoms with Crippen molar-refractivity contribution in [2.45, 2.75) is 53.0 Å². The predicted molar refractivity (Wildman–Crippen MR) is 161 cm³/mol.